The summed E-state index contributed by atoms with van der Waals surface area (Å²) in [5, 5.41) is 3.53. The normalized spacial score (nSPS) is 16.8. The number of allylic oxidation sites excluding steroid dienone is 2. The first-order valence-corrected chi connectivity index (χ1v) is 8.57. The summed E-state index contributed by atoms with van der Waals surface area (Å²) < 4.78 is 5.42. The summed E-state index contributed by atoms with van der Waals surface area (Å²) in [7, 11) is 0. The van der Waals surface area contributed by atoms with Crippen LogP contribution in [0.5, 0.6) is 0 Å². The van der Waals surface area contributed by atoms with Gasteiger partial charge in [0.15, 0.2) is 0 Å². The molecule has 2 aromatic rings. The van der Waals surface area contributed by atoms with Gasteiger partial charge in [-0.2, -0.15) is 0 Å². The van der Waals surface area contributed by atoms with Crippen LogP contribution in [0.25, 0.3) is 0 Å². The van der Waals surface area contributed by atoms with E-state index in [1.807, 2.05) is 29.2 Å². The smallest absolute Gasteiger partial charge is 0.322 e. The van der Waals surface area contributed by atoms with Crippen LogP contribution in [0, 0.1) is 5.92 Å². The highest BCUT2D eigenvalue weighted by Crippen LogP contribution is 2.22. The van der Waals surface area contributed by atoms with E-state index in [-0.39, 0.29) is 6.03 Å². The lowest BCUT2D eigenvalue weighted by Crippen LogP contribution is -2.38. The fourth-order valence-corrected chi connectivity index (χ4v) is 3.10. The number of hydrogen-bond donors (Lipinski definition) is 1. The highest BCUT2D eigenvalue weighted by atomic mass is 35.5. The van der Waals surface area contributed by atoms with Crippen molar-refractivity contribution in [2.45, 2.75) is 25.8 Å². The van der Waals surface area contributed by atoms with Gasteiger partial charge in [-0.05, 0) is 55.5 Å². The molecule has 2 amide bonds. The van der Waals surface area contributed by atoms with Crippen LogP contribution in [0.15, 0.2) is 59.2 Å². The van der Waals surface area contributed by atoms with Gasteiger partial charge in [0, 0.05) is 17.3 Å². The Morgan fingerprint density at radius 3 is 2.92 bits per heavy atom. The Balaban J connectivity index is 1.69. The van der Waals surface area contributed by atoms with Crippen molar-refractivity contribution < 1.29 is 9.21 Å². The molecular weight excluding hydrogens is 324 g/mol. The zero-order valence-corrected chi connectivity index (χ0v) is 14.2. The van der Waals surface area contributed by atoms with E-state index in [2.05, 4.69) is 17.5 Å². The molecule has 126 valence electrons. The van der Waals surface area contributed by atoms with Crippen molar-refractivity contribution >= 4 is 23.3 Å². The largest absolute Gasteiger partial charge is 0.467 e. The molecule has 24 heavy (non-hydrogen) atoms. The molecule has 1 aliphatic rings. The van der Waals surface area contributed by atoms with E-state index in [0.29, 0.717) is 29.7 Å². The average molecular weight is 345 g/mol. The second-order valence-electron chi connectivity index (χ2n) is 6.05. The summed E-state index contributed by atoms with van der Waals surface area (Å²) in [5.41, 5.74) is 0.695. The quantitative estimate of drug-likeness (QED) is 0.746. The topological polar surface area (TPSA) is 45.5 Å². The number of nitrogens with one attached hydrogen (secondary N) is 1. The average Bonchev–Trinajstić information content (AvgIpc) is 3.08. The lowest BCUT2D eigenvalue weighted by atomic mass is 9.94. The summed E-state index contributed by atoms with van der Waals surface area (Å²) in [6.45, 7) is 1.16. The fraction of sp³-hybridized carbons (Fsp3) is 0.316. The Morgan fingerprint density at radius 1 is 1.29 bits per heavy atom. The van der Waals surface area contributed by atoms with Crippen molar-refractivity contribution in [3.63, 3.8) is 0 Å². The summed E-state index contributed by atoms with van der Waals surface area (Å²) >= 11 is 5.99. The monoisotopic (exact) mass is 344 g/mol. The number of hydrogen-bond acceptors (Lipinski definition) is 2. The van der Waals surface area contributed by atoms with Crippen molar-refractivity contribution in [1.29, 1.82) is 0 Å². The minimum Gasteiger partial charge on any atom is -0.467 e. The Morgan fingerprint density at radius 2 is 2.21 bits per heavy atom. The van der Waals surface area contributed by atoms with Crippen LogP contribution in [0.3, 0.4) is 0 Å². The maximum atomic E-state index is 12.7. The molecule has 0 saturated carbocycles. The van der Waals surface area contributed by atoms with Crippen LogP contribution in [0.1, 0.15) is 25.0 Å². The van der Waals surface area contributed by atoms with E-state index >= 15 is 0 Å². The molecule has 0 spiro atoms. The number of rotatable bonds is 5. The van der Waals surface area contributed by atoms with E-state index in [4.69, 9.17) is 16.0 Å². The molecule has 1 N–H and O–H groups in total. The van der Waals surface area contributed by atoms with Crippen molar-refractivity contribution in [2.24, 2.45) is 5.92 Å². The maximum absolute atomic E-state index is 12.7. The Labute approximate surface area is 147 Å². The molecule has 1 heterocycles. The van der Waals surface area contributed by atoms with Gasteiger partial charge < -0.3 is 14.6 Å². The minimum atomic E-state index is -0.136. The molecule has 1 aromatic heterocycles. The minimum absolute atomic E-state index is 0.136. The van der Waals surface area contributed by atoms with Gasteiger partial charge in [0.05, 0.1) is 12.8 Å². The number of amides is 2. The van der Waals surface area contributed by atoms with Crippen molar-refractivity contribution in [3.8, 4) is 0 Å². The number of halogens is 1. The highest BCUT2D eigenvalue weighted by Gasteiger charge is 2.21. The summed E-state index contributed by atoms with van der Waals surface area (Å²) in [5.74, 6) is 1.26. The molecule has 0 aliphatic heterocycles. The number of nitrogens with zero attached hydrogens (tertiary/aromatic N) is 1. The highest BCUT2D eigenvalue weighted by molar-refractivity contribution is 6.30. The number of benzene rings is 1. The van der Waals surface area contributed by atoms with Crippen LogP contribution in [-0.2, 0) is 6.54 Å². The van der Waals surface area contributed by atoms with Gasteiger partial charge in [-0.15, -0.1) is 0 Å². The van der Waals surface area contributed by atoms with E-state index in [1.54, 1.807) is 18.4 Å². The summed E-state index contributed by atoms with van der Waals surface area (Å²) in [6.07, 6.45) is 9.24. The molecule has 5 heteroatoms. The van der Waals surface area contributed by atoms with Crippen molar-refractivity contribution in [1.82, 2.24) is 4.90 Å². The predicted octanol–water partition coefficient (Wildman–Crippen LogP) is 5.32. The molecule has 0 fully saturated rings. The van der Waals surface area contributed by atoms with Crippen molar-refractivity contribution in [3.05, 3.63) is 65.6 Å². The summed E-state index contributed by atoms with van der Waals surface area (Å²) in [4.78, 5) is 14.5. The molecule has 0 unspecified atom stereocenters. The van der Waals surface area contributed by atoms with Gasteiger partial charge in [0.25, 0.3) is 0 Å². The van der Waals surface area contributed by atoms with Gasteiger partial charge in [-0.3, -0.25) is 0 Å². The first-order chi connectivity index (χ1) is 11.7. The predicted molar refractivity (Wildman–Crippen MR) is 96.1 cm³/mol. The Kier molecular flexibility index (Phi) is 5.59. The molecule has 1 aliphatic carbocycles. The first-order valence-electron chi connectivity index (χ1n) is 8.19. The third-order valence-electron chi connectivity index (χ3n) is 4.15. The van der Waals surface area contributed by atoms with Crippen LogP contribution >= 0.6 is 11.6 Å². The zero-order valence-electron chi connectivity index (χ0n) is 13.5. The van der Waals surface area contributed by atoms with Gasteiger partial charge in [0.2, 0.25) is 0 Å². The van der Waals surface area contributed by atoms with E-state index in [1.165, 1.54) is 0 Å². The number of carbonyl (C=O) groups is 1. The molecule has 1 aromatic carbocycles. The van der Waals surface area contributed by atoms with E-state index in [0.717, 1.165) is 25.0 Å². The third kappa shape index (κ3) is 4.65. The first kappa shape index (κ1) is 16.7. The molecule has 0 saturated heterocycles. The lowest BCUT2D eigenvalue weighted by Gasteiger charge is -2.28. The van der Waals surface area contributed by atoms with Crippen molar-refractivity contribution in [2.75, 3.05) is 11.9 Å². The number of carbonyl (C=O) groups excluding carboxylic acids is 1. The van der Waals surface area contributed by atoms with Gasteiger partial charge >= 0.3 is 6.03 Å². The fourth-order valence-electron chi connectivity index (χ4n) is 2.91. The number of urea groups is 1. The molecule has 1 atom stereocenters. The van der Waals surface area contributed by atoms with E-state index < -0.39 is 0 Å². The van der Waals surface area contributed by atoms with Crippen LogP contribution < -0.4 is 5.32 Å². The van der Waals surface area contributed by atoms with Crippen LogP contribution in [0.2, 0.25) is 5.02 Å². The standard InChI is InChI=1S/C19H21ClN2O2/c20-16-8-4-9-17(12-16)21-19(23)22(14-18-10-5-11-24-18)13-15-6-2-1-3-7-15/h1-2,4-5,8-12,15H,3,6-7,13-14H2,(H,21,23)/t15-/m1/s1. The molecule has 0 bridgehead atoms. The molecule has 4 nitrogen and oxygen atoms in total. The third-order valence-corrected chi connectivity index (χ3v) is 4.38. The maximum Gasteiger partial charge on any atom is 0.322 e. The molecular formula is C19H21ClN2O2. The second-order valence-corrected chi connectivity index (χ2v) is 6.49. The van der Waals surface area contributed by atoms with E-state index in [9.17, 15) is 4.79 Å². The number of anilines is 1. The number of furan rings is 1. The Bertz CT molecular complexity index is 697. The second kappa shape index (κ2) is 8.06. The van der Waals surface area contributed by atoms with Gasteiger partial charge in [0.1, 0.15) is 5.76 Å². The van der Waals surface area contributed by atoms with Gasteiger partial charge in [-0.25, -0.2) is 4.79 Å². The molecule has 0 radical (unpaired) electrons. The van der Waals surface area contributed by atoms with Gasteiger partial charge in [-0.1, -0.05) is 29.8 Å². The molecule has 3 rings (SSSR count). The SMILES string of the molecule is O=C(Nc1cccc(Cl)c1)N(Cc1ccco1)C[C@@H]1CC=CCC1. The summed E-state index contributed by atoms with van der Waals surface area (Å²) in [6, 6.07) is 10.8. The zero-order chi connectivity index (χ0) is 16.8. The van der Waals surface area contributed by atoms with Crippen LogP contribution in [-0.4, -0.2) is 17.5 Å². The van der Waals surface area contributed by atoms with Crippen LogP contribution in [0.4, 0.5) is 10.5 Å². The Hall–Kier alpha value is -2.20. The lowest BCUT2D eigenvalue weighted by molar-refractivity contribution is 0.189.